The Kier molecular flexibility index (Phi) is 5.80. The molecule has 0 saturated carbocycles. The molecule has 0 unspecified atom stereocenters. The van der Waals surface area contributed by atoms with Crippen LogP contribution in [0.5, 0.6) is 0 Å². The predicted molar refractivity (Wildman–Crippen MR) is 97.6 cm³/mol. The molecule has 3 rings (SSSR count). The summed E-state index contributed by atoms with van der Waals surface area (Å²) < 4.78 is 5.95. The van der Waals surface area contributed by atoms with Crippen LogP contribution in [-0.2, 0) is 0 Å². The molecule has 1 aromatic carbocycles. The molecule has 1 N–H and O–H groups in total. The molecule has 0 aliphatic carbocycles. The first-order valence-corrected chi connectivity index (χ1v) is 7.85. The van der Waals surface area contributed by atoms with Crippen molar-refractivity contribution in [3.63, 3.8) is 0 Å². The normalized spacial score (nSPS) is 11.1. The number of nitrogens with one attached hydrogen (secondary N) is 1. The van der Waals surface area contributed by atoms with E-state index in [1.807, 2.05) is 31.2 Å². The number of hydrogen-bond donors (Lipinski definition) is 1. The molecule has 0 spiro atoms. The number of halogens is 1. The molecule has 0 bridgehead atoms. The van der Waals surface area contributed by atoms with Gasteiger partial charge in [0, 0.05) is 18.5 Å². The Labute approximate surface area is 142 Å². The van der Waals surface area contributed by atoms with Gasteiger partial charge >= 0.3 is 0 Å². The van der Waals surface area contributed by atoms with Crippen LogP contribution < -0.4 is 5.32 Å². The number of hydrogen-bond acceptors (Lipinski definition) is 5. The lowest BCUT2D eigenvalue weighted by Gasteiger charge is -2.18. The molecule has 0 aliphatic heterocycles. The van der Waals surface area contributed by atoms with Crippen molar-refractivity contribution in [1.29, 1.82) is 0 Å². The highest BCUT2D eigenvalue weighted by Crippen LogP contribution is 2.30. The summed E-state index contributed by atoms with van der Waals surface area (Å²) in [5.74, 6) is 1.54. The Hall–Kier alpha value is -1.85. The van der Waals surface area contributed by atoms with Crippen LogP contribution in [0.4, 0.5) is 5.82 Å². The van der Waals surface area contributed by atoms with Crippen molar-refractivity contribution in [2.75, 3.05) is 31.5 Å². The second-order valence-electron chi connectivity index (χ2n) is 5.35. The van der Waals surface area contributed by atoms with Crippen molar-refractivity contribution in [1.82, 2.24) is 14.9 Å². The Bertz CT molecular complexity index is 783. The SMILES string of the molecule is CCN(CC)CCNc1nc(C)nc2c1oc1ccccc12.Cl. The topological polar surface area (TPSA) is 54.2 Å². The summed E-state index contributed by atoms with van der Waals surface area (Å²) >= 11 is 0. The van der Waals surface area contributed by atoms with E-state index in [4.69, 9.17) is 4.42 Å². The van der Waals surface area contributed by atoms with Gasteiger partial charge in [0.25, 0.3) is 0 Å². The number of fused-ring (bicyclic) bond motifs is 3. The van der Waals surface area contributed by atoms with Gasteiger partial charge in [-0.25, -0.2) is 9.97 Å². The van der Waals surface area contributed by atoms with Crippen molar-refractivity contribution in [3.8, 4) is 0 Å². The molecular formula is C17H23ClN4O. The second-order valence-corrected chi connectivity index (χ2v) is 5.35. The van der Waals surface area contributed by atoms with Crippen LogP contribution in [0, 0.1) is 6.92 Å². The Morgan fingerprint density at radius 2 is 1.87 bits per heavy atom. The van der Waals surface area contributed by atoms with E-state index in [0.29, 0.717) is 0 Å². The van der Waals surface area contributed by atoms with E-state index in [9.17, 15) is 0 Å². The van der Waals surface area contributed by atoms with Gasteiger partial charge < -0.3 is 14.6 Å². The van der Waals surface area contributed by atoms with Crippen molar-refractivity contribution in [2.45, 2.75) is 20.8 Å². The second kappa shape index (κ2) is 7.62. The number of nitrogens with zero attached hydrogens (tertiary/aromatic N) is 3. The fourth-order valence-corrected chi connectivity index (χ4v) is 2.69. The average Bonchev–Trinajstić information content (AvgIpc) is 2.90. The van der Waals surface area contributed by atoms with Crippen LogP contribution >= 0.6 is 12.4 Å². The minimum absolute atomic E-state index is 0. The van der Waals surface area contributed by atoms with E-state index in [1.54, 1.807) is 0 Å². The molecule has 0 saturated heterocycles. The number of aryl methyl sites for hydroxylation is 1. The molecule has 124 valence electrons. The van der Waals surface area contributed by atoms with E-state index >= 15 is 0 Å². The monoisotopic (exact) mass is 334 g/mol. The zero-order valence-corrected chi connectivity index (χ0v) is 14.6. The van der Waals surface area contributed by atoms with Gasteiger partial charge in [-0.05, 0) is 32.1 Å². The minimum Gasteiger partial charge on any atom is -0.450 e. The molecule has 5 nitrogen and oxygen atoms in total. The van der Waals surface area contributed by atoms with Gasteiger partial charge in [-0.3, -0.25) is 0 Å². The average molecular weight is 335 g/mol. The summed E-state index contributed by atoms with van der Waals surface area (Å²) in [6.07, 6.45) is 0. The molecule has 0 fully saturated rings. The van der Waals surface area contributed by atoms with Crippen molar-refractivity contribution < 1.29 is 4.42 Å². The molecule has 3 aromatic rings. The van der Waals surface area contributed by atoms with Crippen LogP contribution in [0.25, 0.3) is 22.1 Å². The van der Waals surface area contributed by atoms with E-state index in [2.05, 4.69) is 34.0 Å². The molecule has 0 radical (unpaired) electrons. The van der Waals surface area contributed by atoms with Gasteiger partial charge in [0.05, 0.1) is 0 Å². The van der Waals surface area contributed by atoms with E-state index in [1.165, 1.54) is 0 Å². The van der Waals surface area contributed by atoms with Gasteiger partial charge in [0.15, 0.2) is 11.4 Å². The van der Waals surface area contributed by atoms with Crippen molar-refractivity contribution in [3.05, 3.63) is 30.1 Å². The predicted octanol–water partition coefficient (Wildman–Crippen LogP) is 3.86. The van der Waals surface area contributed by atoms with Crippen LogP contribution in [0.15, 0.2) is 28.7 Å². The molecule has 6 heteroatoms. The minimum atomic E-state index is 0. The molecule has 2 heterocycles. The first-order valence-electron chi connectivity index (χ1n) is 7.85. The summed E-state index contributed by atoms with van der Waals surface area (Å²) in [4.78, 5) is 11.4. The van der Waals surface area contributed by atoms with Gasteiger partial charge in [-0.15, -0.1) is 12.4 Å². The lowest BCUT2D eigenvalue weighted by atomic mass is 10.2. The zero-order valence-electron chi connectivity index (χ0n) is 13.8. The maximum absolute atomic E-state index is 5.95. The van der Waals surface area contributed by atoms with Gasteiger partial charge in [0.2, 0.25) is 0 Å². The molecule has 2 aromatic heterocycles. The zero-order chi connectivity index (χ0) is 15.5. The van der Waals surface area contributed by atoms with Gasteiger partial charge in [-0.2, -0.15) is 0 Å². The number of benzene rings is 1. The maximum atomic E-state index is 5.95. The summed E-state index contributed by atoms with van der Waals surface area (Å²) in [7, 11) is 0. The third-order valence-corrected chi connectivity index (χ3v) is 3.95. The third-order valence-electron chi connectivity index (χ3n) is 3.95. The number of aromatic nitrogens is 2. The fraction of sp³-hybridized carbons (Fsp3) is 0.412. The van der Waals surface area contributed by atoms with Crippen molar-refractivity contribution >= 4 is 40.3 Å². The van der Waals surface area contributed by atoms with Crippen LogP contribution in [0.3, 0.4) is 0 Å². The number of furan rings is 1. The number of likely N-dealkylation sites (N-methyl/N-ethyl adjacent to an activating group) is 1. The molecule has 0 aliphatic rings. The fourth-order valence-electron chi connectivity index (χ4n) is 2.69. The molecule has 23 heavy (non-hydrogen) atoms. The van der Waals surface area contributed by atoms with E-state index in [0.717, 1.165) is 59.9 Å². The highest BCUT2D eigenvalue weighted by Gasteiger charge is 2.14. The van der Waals surface area contributed by atoms with Gasteiger partial charge in [-0.1, -0.05) is 26.0 Å². The standard InChI is InChI=1S/C17H22N4O.ClH/c1-4-21(5-2)11-10-18-17-16-15(19-12(3)20-17)13-8-6-7-9-14(13)22-16;/h6-9H,4-5,10-11H2,1-3H3,(H,18,19,20);1H. The number of anilines is 1. The van der Waals surface area contributed by atoms with Gasteiger partial charge in [0.1, 0.15) is 16.9 Å². The quantitative estimate of drug-likeness (QED) is 0.741. The smallest absolute Gasteiger partial charge is 0.196 e. The first kappa shape index (κ1) is 17.5. The highest BCUT2D eigenvalue weighted by molar-refractivity contribution is 6.05. The largest absolute Gasteiger partial charge is 0.450 e. The first-order chi connectivity index (χ1) is 10.7. The summed E-state index contributed by atoms with van der Waals surface area (Å²) in [5.41, 5.74) is 2.48. The highest BCUT2D eigenvalue weighted by atomic mass is 35.5. The lowest BCUT2D eigenvalue weighted by Crippen LogP contribution is -2.28. The third kappa shape index (κ3) is 3.57. The summed E-state index contributed by atoms with van der Waals surface area (Å²) in [6, 6.07) is 7.97. The summed E-state index contributed by atoms with van der Waals surface area (Å²) in [5, 5.41) is 4.44. The van der Waals surface area contributed by atoms with Crippen LogP contribution in [0.1, 0.15) is 19.7 Å². The molecular weight excluding hydrogens is 312 g/mol. The Morgan fingerprint density at radius 1 is 1.13 bits per heavy atom. The molecule has 0 atom stereocenters. The Morgan fingerprint density at radius 3 is 2.61 bits per heavy atom. The number of rotatable bonds is 6. The van der Waals surface area contributed by atoms with Crippen LogP contribution in [-0.4, -0.2) is 41.0 Å². The Balaban J connectivity index is 0.00000192. The number of para-hydroxylation sites is 1. The lowest BCUT2D eigenvalue weighted by molar-refractivity contribution is 0.316. The van der Waals surface area contributed by atoms with Crippen LogP contribution in [0.2, 0.25) is 0 Å². The molecule has 0 amide bonds. The van der Waals surface area contributed by atoms with E-state index < -0.39 is 0 Å². The maximum Gasteiger partial charge on any atom is 0.196 e. The summed E-state index contributed by atoms with van der Waals surface area (Å²) in [6.45, 7) is 10.2. The van der Waals surface area contributed by atoms with E-state index in [-0.39, 0.29) is 12.4 Å². The van der Waals surface area contributed by atoms with Crippen molar-refractivity contribution in [2.24, 2.45) is 0 Å².